The van der Waals surface area contributed by atoms with E-state index in [2.05, 4.69) is 27.7 Å². The second kappa shape index (κ2) is 49.7. The molecule has 0 fully saturated rings. The molecule has 0 spiro atoms. The van der Waals surface area contributed by atoms with Crippen molar-refractivity contribution >= 4 is 0 Å². The van der Waals surface area contributed by atoms with Crippen LogP contribution in [0.4, 0.5) is 0 Å². The average Bonchev–Trinajstić information content (AvgIpc) is 1.96. The van der Waals surface area contributed by atoms with Crippen molar-refractivity contribution in [2.45, 2.75) is 53.9 Å². The van der Waals surface area contributed by atoms with Gasteiger partial charge in [-0.15, -0.1) is 0 Å². The maximum absolute atomic E-state index is 6.60. The van der Waals surface area contributed by atoms with Crippen molar-refractivity contribution in [1.29, 1.82) is 0 Å². The molecule has 0 unspecified atom stereocenters. The predicted molar refractivity (Wildman–Crippen MR) is 47.6 cm³/mol. The molecule has 1 heteroatoms. The summed E-state index contributed by atoms with van der Waals surface area (Å²) in [6.07, 6.45) is 3.46. The van der Waals surface area contributed by atoms with Gasteiger partial charge < -0.3 is 6.92 Å². The third-order valence-corrected chi connectivity index (χ3v) is 0.354. The second-order valence-electron chi connectivity index (χ2n) is 1.56. The van der Waals surface area contributed by atoms with E-state index in [0.29, 0.717) is 6.90 Å². The van der Waals surface area contributed by atoms with Crippen LogP contribution >= 0.6 is 0 Å². The van der Waals surface area contributed by atoms with Crippen LogP contribution in [0.1, 0.15) is 55.2 Å². The summed E-state index contributed by atoms with van der Waals surface area (Å²) < 4.78 is 6.60. The van der Waals surface area contributed by atoms with E-state index < -0.39 is 0 Å². The van der Waals surface area contributed by atoms with Gasteiger partial charge in [-0.1, -0.05) is 46.9 Å². The molecule has 0 bridgehead atoms. The molecule has 0 aromatic rings. The van der Waals surface area contributed by atoms with Gasteiger partial charge >= 0.3 is 0 Å². The zero-order valence-electron chi connectivity index (χ0n) is 9.11. The van der Waals surface area contributed by atoms with E-state index in [0.717, 1.165) is 12.8 Å². The van der Waals surface area contributed by atoms with Gasteiger partial charge in [-0.25, -0.2) is 0 Å². The molecule has 63 valence electrons. The summed E-state index contributed by atoms with van der Waals surface area (Å²) in [5, 5.41) is 0. The van der Waals surface area contributed by atoms with E-state index in [1.54, 1.807) is 6.92 Å². The van der Waals surface area contributed by atoms with Crippen LogP contribution in [0.3, 0.4) is 0 Å². The minimum atomic E-state index is 0. The largest absolute Gasteiger partial charge is 0.346 e. The van der Waals surface area contributed by atoms with Gasteiger partial charge in [-0.3, -0.25) is 0 Å². The molecule has 0 nitrogen and oxygen atoms in total. The SMILES string of the molecule is CCC.[2H]CCCC.[CH2-]C.[Y]. The number of rotatable bonds is 1. The zero-order valence-corrected chi connectivity index (χ0v) is 11.0. The fourth-order valence-electron chi connectivity index (χ4n) is 0. The average molecular weight is 221 g/mol. The van der Waals surface area contributed by atoms with Crippen LogP contribution in [0, 0.1) is 6.92 Å². The van der Waals surface area contributed by atoms with Crippen LogP contribution in [0.25, 0.3) is 0 Å². The van der Waals surface area contributed by atoms with Crippen LogP contribution in [0.15, 0.2) is 0 Å². The molecule has 0 saturated heterocycles. The van der Waals surface area contributed by atoms with E-state index in [1.165, 1.54) is 6.42 Å². The molecule has 0 atom stereocenters. The molecule has 1 radical (unpaired) electrons. The number of hydrogen-bond acceptors (Lipinski definition) is 0. The van der Waals surface area contributed by atoms with Gasteiger partial charge in [0.25, 0.3) is 0 Å². The fourth-order valence-corrected chi connectivity index (χ4v) is 0. The standard InChI is InChI=1S/C4H10.C3H8.C2H5.Y/c1-3-4-2;1-3-2;1-2;/h3-4H2,1-2H3;3H2,1-2H3;1H2,2H3;/q;;-1;/i1D;;;. The Morgan fingerprint density at radius 1 is 1.10 bits per heavy atom. The van der Waals surface area contributed by atoms with E-state index in [-0.39, 0.29) is 32.7 Å². The quantitative estimate of drug-likeness (QED) is 0.586. The van der Waals surface area contributed by atoms with Gasteiger partial charge in [0.1, 0.15) is 0 Å². The Kier molecular flexibility index (Phi) is 85.8. The minimum Gasteiger partial charge on any atom is -0.346 e. The topological polar surface area (TPSA) is 0 Å². The van der Waals surface area contributed by atoms with Crippen molar-refractivity contribution < 1.29 is 34.1 Å². The van der Waals surface area contributed by atoms with Gasteiger partial charge in [0.05, 0.1) is 0 Å². The third kappa shape index (κ3) is 135. The molecule has 0 aromatic heterocycles. The summed E-state index contributed by atoms with van der Waals surface area (Å²) in [6.45, 7) is 11.9. The molecule has 0 N–H and O–H groups in total. The van der Waals surface area contributed by atoms with E-state index in [1.807, 2.05) is 0 Å². The summed E-state index contributed by atoms with van der Waals surface area (Å²) in [5.41, 5.74) is 0. The molecular weight excluding hydrogens is 197 g/mol. The normalized spacial score (nSPS) is 6.70. The van der Waals surface area contributed by atoms with Gasteiger partial charge in [0, 0.05) is 34.1 Å². The van der Waals surface area contributed by atoms with Crippen molar-refractivity contribution in [3.05, 3.63) is 6.92 Å². The third-order valence-electron chi connectivity index (χ3n) is 0.354. The Morgan fingerprint density at radius 2 is 1.40 bits per heavy atom. The minimum absolute atomic E-state index is 0. The first-order chi connectivity index (χ1) is 4.83. The summed E-state index contributed by atoms with van der Waals surface area (Å²) >= 11 is 0. The van der Waals surface area contributed by atoms with Crippen LogP contribution in [0.5, 0.6) is 0 Å². The van der Waals surface area contributed by atoms with E-state index in [4.69, 9.17) is 1.37 Å². The van der Waals surface area contributed by atoms with Crippen LogP contribution < -0.4 is 0 Å². The number of hydrogen-bond donors (Lipinski definition) is 0. The van der Waals surface area contributed by atoms with Crippen molar-refractivity contribution in [3.8, 4) is 0 Å². The summed E-state index contributed by atoms with van der Waals surface area (Å²) in [5.74, 6) is 0. The second-order valence-corrected chi connectivity index (χ2v) is 1.56. The summed E-state index contributed by atoms with van der Waals surface area (Å²) in [6, 6.07) is 0. The van der Waals surface area contributed by atoms with Gasteiger partial charge in [0.15, 0.2) is 0 Å². The van der Waals surface area contributed by atoms with Gasteiger partial charge in [-0.05, 0) is 0 Å². The molecule has 10 heavy (non-hydrogen) atoms. The molecule has 0 rings (SSSR count). The van der Waals surface area contributed by atoms with Crippen LogP contribution in [0.2, 0.25) is 0 Å². The summed E-state index contributed by atoms with van der Waals surface area (Å²) in [7, 11) is 0. The van der Waals surface area contributed by atoms with Crippen molar-refractivity contribution in [1.82, 2.24) is 0 Å². The van der Waals surface area contributed by atoms with E-state index in [9.17, 15) is 0 Å². The molecule has 0 aliphatic heterocycles. The molecular formula is C9H23Y-. The molecule has 0 saturated carbocycles. The smallest absolute Gasteiger partial charge is 0.0230 e. The van der Waals surface area contributed by atoms with E-state index >= 15 is 0 Å². The van der Waals surface area contributed by atoms with Crippen molar-refractivity contribution in [3.63, 3.8) is 0 Å². The molecule has 0 aliphatic rings. The summed E-state index contributed by atoms with van der Waals surface area (Å²) in [4.78, 5) is 0. The first kappa shape index (κ1) is 17.3. The van der Waals surface area contributed by atoms with Crippen LogP contribution in [-0.2, 0) is 32.7 Å². The monoisotopic (exact) mass is 221 g/mol. The maximum atomic E-state index is 6.60. The first-order valence-electron chi connectivity index (χ1n) is 4.54. The molecule has 0 heterocycles. The zero-order chi connectivity index (χ0) is 8.83. The van der Waals surface area contributed by atoms with Gasteiger partial charge in [0.2, 0.25) is 0 Å². The Balaban J connectivity index is -0.0000000360. The van der Waals surface area contributed by atoms with Crippen molar-refractivity contribution in [2.75, 3.05) is 0 Å². The van der Waals surface area contributed by atoms with Gasteiger partial charge in [-0.2, -0.15) is 6.92 Å². The molecule has 0 aliphatic carbocycles. The Bertz CT molecular complexity index is 23.5. The first-order valence-corrected chi connectivity index (χ1v) is 3.83. The molecule has 0 amide bonds. The Labute approximate surface area is 94.5 Å². The Hall–Kier alpha value is 1.10. The maximum Gasteiger partial charge on any atom is 0.0230 e. The predicted octanol–water partition coefficient (Wildman–Crippen LogP) is 4.06. The number of unbranched alkanes of at least 4 members (excludes halogenated alkanes) is 1. The van der Waals surface area contributed by atoms with Crippen molar-refractivity contribution in [2.24, 2.45) is 0 Å². The van der Waals surface area contributed by atoms with Crippen LogP contribution in [-0.4, -0.2) is 0 Å². The fraction of sp³-hybridized carbons (Fsp3) is 0.889. The molecule has 0 aromatic carbocycles. The Morgan fingerprint density at radius 3 is 1.40 bits per heavy atom.